The summed E-state index contributed by atoms with van der Waals surface area (Å²) < 4.78 is 27.4. The van der Waals surface area contributed by atoms with Crippen molar-refractivity contribution in [3.8, 4) is 6.07 Å². The smallest absolute Gasteiger partial charge is 0.150 e. The second-order valence-corrected chi connectivity index (χ2v) is 5.32. The summed E-state index contributed by atoms with van der Waals surface area (Å²) in [6, 6.07) is 3.83. The fraction of sp³-hybridized carbons (Fsp3) is 0.462. The highest BCUT2D eigenvalue weighted by molar-refractivity contribution is 5.52. The minimum absolute atomic E-state index is 0.00657. The summed E-state index contributed by atoms with van der Waals surface area (Å²) in [4.78, 5) is 1.53. The quantitative estimate of drug-likeness (QED) is 0.790. The molecular weight excluding hydrogens is 222 g/mol. The molecule has 0 bridgehead atoms. The molecule has 92 valence electrons. The Morgan fingerprint density at radius 2 is 1.71 bits per heavy atom. The van der Waals surface area contributed by atoms with Gasteiger partial charge in [0.25, 0.3) is 0 Å². The van der Waals surface area contributed by atoms with Crippen molar-refractivity contribution in [1.82, 2.24) is 0 Å². The first-order valence-electron chi connectivity index (χ1n) is 5.35. The third-order valence-corrected chi connectivity index (χ3v) is 2.24. The maximum Gasteiger partial charge on any atom is 0.150 e. The van der Waals surface area contributed by atoms with Crippen LogP contribution in [-0.2, 0) is 0 Å². The summed E-state index contributed by atoms with van der Waals surface area (Å²) in [5.74, 6) is -1.40. The van der Waals surface area contributed by atoms with Gasteiger partial charge in [0.05, 0.1) is 11.6 Å². The SMILES string of the molecule is CN(CC(C)(C)C)c1c(F)cc(C#N)cc1F. The topological polar surface area (TPSA) is 27.0 Å². The van der Waals surface area contributed by atoms with Crippen molar-refractivity contribution in [2.45, 2.75) is 20.8 Å². The van der Waals surface area contributed by atoms with Crippen LogP contribution in [0.15, 0.2) is 12.1 Å². The summed E-state index contributed by atoms with van der Waals surface area (Å²) in [5.41, 5.74) is -0.159. The number of rotatable bonds is 2. The van der Waals surface area contributed by atoms with Crippen LogP contribution in [0.5, 0.6) is 0 Å². The molecule has 0 aromatic heterocycles. The van der Waals surface area contributed by atoms with Crippen LogP contribution < -0.4 is 4.90 Å². The van der Waals surface area contributed by atoms with Gasteiger partial charge in [-0.3, -0.25) is 0 Å². The molecule has 4 heteroatoms. The number of halogens is 2. The lowest BCUT2D eigenvalue weighted by Crippen LogP contribution is -2.30. The Labute approximate surface area is 100 Å². The van der Waals surface area contributed by atoms with E-state index in [0.29, 0.717) is 6.54 Å². The number of hydrogen-bond donors (Lipinski definition) is 0. The van der Waals surface area contributed by atoms with Crippen molar-refractivity contribution in [3.05, 3.63) is 29.3 Å². The zero-order valence-corrected chi connectivity index (χ0v) is 10.5. The first-order valence-corrected chi connectivity index (χ1v) is 5.35. The first-order chi connectivity index (χ1) is 7.74. The fourth-order valence-corrected chi connectivity index (χ4v) is 1.79. The van der Waals surface area contributed by atoms with Crippen molar-refractivity contribution in [3.63, 3.8) is 0 Å². The van der Waals surface area contributed by atoms with E-state index in [9.17, 15) is 8.78 Å². The van der Waals surface area contributed by atoms with Crippen molar-refractivity contribution < 1.29 is 8.78 Å². The van der Waals surface area contributed by atoms with Crippen molar-refractivity contribution >= 4 is 5.69 Å². The van der Waals surface area contributed by atoms with Crippen molar-refractivity contribution in [2.24, 2.45) is 5.41 Å². The number of hydrogen-bond acceptors (Lipinski definition) is 2. The number of nitrogens with zero attached hydrogens (tertiary/aromatic N) is 2. The van der Waals surface area contributed by atoms with Gasteiger partial charge >= 0.3 is 0 Å². The fourth-order valence-electron chi connectivity index (χ4n) is 1.79. The molecule has 0 atom stereocenters. The van der Waals surface area contributed by atoms with E-state index in [-0.39, 0.29) is 16.7 Å². The lowest BCUT2D eigenvalue weighted by Gasteiger charge is -2.28. The molecule has 0 fully saturated rings. The van der Waals surface area contributed by atoms with Crippen LogP contribution in [0.2, 0.25) is 0 Å². The van der Waals surface area contributed by atoms with E-state index in [0.717, 1.165) is 12.1 Å². The highest BCUT2D eigenvalue weighted by Gasteiger charge is 2.20. The predicted molar refractivity (Wildman–Crippen MR) is 63.8 cm³/mol. The van der Waals surface area contributed by atoms with Gasteiger partial charge in [0.15, 0.2) is 11.6 Å². The second-order valence-electron chi connectivity index (χ2n) is 5.32. The van der Waals surface area contributed by atoms with Crippen LogP contribution in [0.25, 0.3) is 0 Å². The van der Waals surface area contributed by atoms with Crippen molar-refractivity contribution in [2.75, 3.05) is 18.5 Å². The lowest BCUT2D eigenvalue weighted by molar-refractivity contribution is 0.414. The molecule has 0 spiro atoms. The van der Waals surface area contributed by atoms with Crippen molar-refractivity contribution in [1.29, 1.82) is 5.26 Å². The molecule has 1 rings (SSSR count). The molecule has 0 aliphatic carbocycles. The van der Waals surface area contributed by atoms with Crippen LogP contribution in [0, 0.1) is 28.4 Å². The van der Waals surface area contributed by atoms with Gasteiger partial charge in [-0.1, -0.05) is 20.8 Å². The average Bonchev–Trinajstić information content (AvgIpc) is 2.13. The van der Waals surface area contributed by atoms with E-state index in [4.69, 9.17) is 5.26 Å². The largest absolute Gasteiger partial charge is 0.369 e. The monoisotopic (exact) mass is 238 g/mol. The molecule has 2 nitrogen and oxygen atoms in total. The average molecular weight is 238 g/mol. The minimum atomic E-state index is -0.701. The summed E-state index contributed by atoms with van der Waals surface area (Å²) in [6.07, 6.45) is 0. The third kappa shape index (κ3) is 3.42. The second kappa shape index (κ2) is 4.70. The molecule has 1 aromatic rings. The molecule has 1 aromatic carbocycles. The number of anilines is 1. The summed E-state index contributed by atoms with van der Waals surface area (Å²) in [5, 5.41) is 8.61. The van der Waals surface area contributed by atoms with E-state index in [2.05, 4.69) is 0 Å². The van der Waals surface area contributed by atoms with E-state index in [1.165, 1.54) is 4.90 Å². The van der Waals surface area contributed by atoms with Gasteiger partial charge in [0.2, 0.25) is 0 Å². The Morgan fingerprint density at radius 1 is 1.24 bits per heavy atom. The summed E-state index contributed by atoms with van der Waals surface area (Å²) in [6.45, 7) is 6.49. The molecule has 0 saturated carbocycles. The Balaban J connectivity index is 3.11. The number of nitriles is 1. The van der Waals surface area contributed by atoms with Crippen LogP contribution in [0.4, 0.5) is 14.5 Å². The van der Waals surface area contributed by atoms with E-state index in [1.807, 2.05) is 20.8 Å². The van der Waals surface area contributed by atoms with E-state index in [1.54, 1.807) is 13.1 Å². The van der Waals surface area contributed by atoms with Gasteiger partial charge in [-0.05, 0) is 17.5 Å². The molecule has 0 saturated heterocycles. The predicted octanol–water partition coefficient (Wildman–Crippen LogP) is 3.32. The van der Waals surface area contributed by atoms with Crippen LogP contribution in [0.1, 0.15) is 26.3 Å². The van der Waals surface area contributed by atoms with Gasteiger partial charge in [-0.2, -0.15) is 5.26 Å². The van der Waals surface area contributed by atoms with E-state index >= 15 is 0 Å². The highest BCUT2D eigenvalue weighted by Crippen LogP contribution is 2.26. The summed E-state index contributed by atoms with van der Waals surface area (Å²) >= 11 is 0. The first kappa shape index (κ1) is 13.4. The van der Waals surface area contributed by atoms with Gasteiger partial charge < -0.3 is 4.90 Å². The maximum absolute atomic E-state index is 13.7. The minimum Gasteiger partial charge on any atom is -0.369 e. The Morgan fingerprint density at radius 3 is 2.06 bits per heavy atom. The molecular formula is C13H16F2N2. The Hall–Kier alpha value is -1.63. The van der Waals surface area contributed by atoms with E-state index < -0.39 is 11.6 Å². The molecule has 0 unspecified atom stereocenters. The number of benzene rings is 1. The Bertz CT molecular complexity index is 432. The zero-order chi connectivity index (χ0) is 13.2. The molecule has 0 aliphatic heterocycles. The third-order valence-electron chi connectivity index (χ3n) is 2.24. The van der Waals surface area contributed by atoms with Gasteiger partial charge in [0, 0.05) is 13.6 Å². The molecule has 0 amide bonds. The highest BCUT2D eigenvalue weighted by atomic mass is 19.1. The van der Waals surface area contributed by atoms with Crippen LogP contribution in [-0.4, -0.2) is 13.6 Å². The molecule has 0 aliphatic rings. The summed E-state index contributed by atoms with van der Waals surface area (Å²) in [7, 11) is 1.64. The van der Waals surface area contributed by atoms with Gasteiger partial charge in [0.1, 0.15) is 5.69 Å². The standard InChI is InChI=1S/C13H16F2N2/c1-13(2,3)8-17(4)12-10(14)5-9(7-16)6-11(12)15/h5-6H,8H2,1-4H3. The Kier molecular flexibility index (Phi) is 3.72. The van der Waals surface area contributed by atoms with Crippen LogP contribution >= 0.6 is 0 Å². The molecule has 0 heterocycles. The molecule has 0 radical (unpaired) electrons. The lowest BCUT2D eigenvalue weighted by atomic mass is 9.96. The molecule has 17 heavy (non-hydrogen) atoms. The normalized spacial score (nSPS) is 11.1. The molecule has 0 N–H and O–H groups in total. The van der Waals surface area contributed by atoms with Gasteiger partial charge in [-0.15, -0.1) is 0 Å². The van der Waals surface area contributed by atoms with Crippen LogP contribution in [0.3, 0.4) is 0 Å². The van der Waals surface area contributed by atoms with Gasteiger partial charge in [-0.25, -0.2) is 8.78 Å². The zero-order valence-electron chi connectivity index (χ0n) is 10.5. The maximum atomic E-state index is 13.7.